The van der Waals surface area contributed by atoms with Crippen molar-refractivity contribution in [2.45, 2.75) is 65.2 Å². The first-order valence-electron chi connectivity index (χ1n) is 6.27. The van der Waals surface area contributed by atoms with Crippen LogP contribution in [0.2, 0.25) is 0 Å². The van der Waals surface area contributed by atoms with Gasteiger partial charge in [-0.25, -0.2) is 0 Å². The van der Waals surface area contributed by atoms with Crippen LogP contribution in [-0.4, -0.2) is 35.0 Å². The largest absolute Gasteiger partial charge is 2.00 e. The number of unbranched alkanes of at least 4 members (excludes halogenated alkanes) is 4. The van der Waals surface area contributed by atoms with Gasteiger partial charge in [0.1, 0.15) is 0 Å². The summed E-state index contributed by atoms with van der Waals surface area (Å²) in [4.78, 5) is 26.7. The fourth-order valence-corrected chi connectivity index (χ4v) is 1.12. The summed E-state index contributed by atoms with van der Waals surface area (Å²) >= 11 is 0. The molecule has 0 aromatic rings. The van der Waals surface area contributed by atoms with Crippen molar-refractivity contribution >= 4 is 35.0 Å². The summed E-state index contributed by atoms with van der Waals surface area (Å²) in [5.74, 6) is -1.30. The second-order valence-corrected chi connectivity index (χ2v) is 3.82. The van der Waals surface area contributed by atoms with E-state index in [-0.39, 0.29) is 35.9 Å². The standard InChI is InChI=1S/2C6H12O3.Mg/c2*1-2-3-4-5-6(7)9-8;/h2*8H,2-5H2,1H3;/q;;+2/p-2. The molecule has 0 saturated carbocycles. The predicted octanol–water partition coefficient (Wildman–Crippen LogP) is 0.390. The van der Waals surface area contributed by atoms with Crippen molar-refractivity contribution in [2.75, 3.05) is 0 Å². The van der Waals surface area contributed by atoms with Crippen LogP contribution in [0.1, 0.15) is 65.2 Å². The van der Waals surface area contributed by atoms with Gasteiger partial charge in [0.15, 0.2) is 0 Å². The molecule has 0 spiro atoms. The van der Waals surface area contributed by atoms with Crippen LogP contribution in [0.4, 0.5) is 0 Å². The fourth-order valence-electron chi connectivity index (χ4n) is 1.12. The van der Waals surface area contributed by atoms with E-state index in [2.05, 4.69) is 9.78 Å². The van der Waals surface area contributed by atoms with Crippen molar-refractivity contribution in [3.05, 3.63) is 0 Å². The number of hydrogen-bond acceptors (Lipinski definition) is 6. The summed E-state index contributed by atoms with van der Waals surface area (Å²) in [7, 11) is 0. The molecule has 6 nitrogen and oxygen atoms in total. The van der Waals surface area contributed by atoms with Gasteiger partial charge >= 0.3 is 23.1 Å². The van der Waals surface area contributed by atoms with Crippen molar-refractivity contribution in [2.24, 2.45) is 0 Å². The third-order valence-corrected chi connectivity index (χ3v) is 2.15. The molecule has 0 N–H and O–H groups in total. The Morgan fingerprint density at radius 3 is 1.32 bits per heavy atom. The van der Waals surface area contributed by atoms with E-state index in [0.717, 1.165) is 38.5 Å². The minimum atomic E-state index is -0.650. The van der Waals surface area contributed by atoms with E-state index in [0.29, 0.717) is 0 Å². The van der Waals surface area contributed by atoms with Crippen molar-refractivity contribution in [3.63, 3.8) is 0 Å². The maximum Gasteiger partial charge on any atom is 2.00 e. The van der Waals surface area contributed by atoms with Gasteiger partial charge in [-0.2, -0.15) is 0 Å². The van der Waals surface area contributed by atoms with E-state index in [1.807, 2.05) is 13.8 Å². The van der Waals surface area contributed by atoms with Gasteiger partial charge in [0.25, 0.3) is 11.9 Å². The van der Waals surface area contributed by atoms with E-state index >= 15 is 0 Å². The molecule has 19 heavy (non-hydrogen) atoms. The maximum atomic E-state index is 10.2. The van der Waals surface area contributed by atoms with E-state index < -0.39 is 11.9 Å². The topological polar surface area (TPSA) is 98.7 Å². The molecule has 7 heteroatoms. The quantitative estimate of drug-likeness (QED) is 0.277. The zero-order valence-electron chi connectivity index (χ0n) is 11.8. The smallest absolute Gasteiger partial charge is 0.662 e. The molecule has 108 valence electrons. The Hall–Kier alpha value is -0.374. The molecule has 0 bridgehead atoms. The average molecular weight is 287 g/mol. The van der Waals surface area contributed by atoms with Gasteiger partial charge in [0.05, 0.1) is 0 Å². The van der Waals surface area contributed by atoms with Gasteiger partial charge in [0.2, 0.25) is 0 Å². The Labute approximate surface area is 130 Å². The zero-order valence-corrected chi connectivity index (χ0v) is 13.2. The predicted molar refractivity (Wildman–Crippen MR) is 66.2 cm³/mol. The molecule has 0 unspecified atom stereocenters. The SMILES string of the molecule is CCCCCC(=O)O[O-].CCCCCC(=O)O[O-].[Mg+2]. The molecule has 0 aliphatic heterocycles. The summed E-state index contributed by atoms with van der Waals surface area (Å²) in [6, 6.07) is 0. The monoisotopic (exact) mass is 286 g/mol. The third kappa shape index (κ3) is 23.2. The van der Waals surface area contributed by atoms with Crippen molar-refractivity contribution < 1.29 is 29.9 Å². The first-order chi connectivity index (χ1) is 8.62. The van der Waals surface area contributed by atoms with Crippen LogP contribution in [0.3, 0.4) is 0 Å². The molecule has 0 aliphatic rings. The van der Waals surface area contributed by atoms with E-state index in [9.17, 15) is 20.1 Å². The zero-order chi connectivity index (χ0) is 14.2. The van der Waals surface area contributed by atoms with Gasteiger partial charge in [-0.05, 0) is 12.8 Å². The van der Waals surface area contributed by atoms with Crippen LogP contribution >= 0.6 is 0 Å². The normalized spacial score (nSPS) is 8.63. The van der Waals surface area contributed by atoms with Crippen LogP contribution in [0.25, 0.3) is 0 Å². The second-order valence-electron chi connectivity index (χ2n) is 3.82. The summed E-state index contributed by atoms with van der Waals surface area (Å²) in [5.41, 5.74) is 0. The van der Waals surface area contributed by atoms with E-state index in [4.69, 9.17) is 0 Å². The molecular weight excluding hydrogens is 264 g/mol. The van der Waals surface area contributed by atoms with Gasteiger partial charge in [-0.3, -0.25) is 9.59 Å². The molecule has 0 aliphatic carbocycles. The van der Waals surface area contributed by atoms with Gasteiger partial charge < -0.3 is 20.3 Å². The molecule has 0 saturated heterocycles. The molecule has 0 amide bonds. The summed E-state index contributed by atoms with van der Waals surface area (Å²) in [5, 5.41) is 18.7. The molecular formula is C12H22MgO6. The molecule has 0 heterocycles. The number of rotatable bonds is 8. The minimum absolute atomic E-state index is 0. The molecule has 0 atom stereocenters. The van der Waals surface area contributed by atoms with Gasteiger partial charge in [-0.1, -0.05) is 39.5 Å². The molecule has 0 fully saturated rings. The van der Waals surface area contributed by atoms with Crippen LogP contribution in [0, 0.1) is 0 Å². The Morgan fingerprint density at radius 1 is 0.789 bits per heavy atom. The first-order valence-corrected chi connectivity index (χ1v) is 6.27. The minimum Gasteiger partial charge on any atom is -0.662 e. The van der Waals surface area contributed by atoms with Crippen LogP contribution in [-0.2, 0) is 19.4 Å². The van der Waals surface area contributed by atoms with Crippen LogP contribution in [0.5, 0.6) is 0 Å². The molecule has 0 rings (SSSR count). The third-order valence-electron chi connectivity index (χ3n) is 2.15. The molecule has 0 radical (unpaired) electrons. The number of hydrogen-bond donors (Lipinski definition) is 0. The van der Waals surface area contributed by atoms with Crippen LogP contribution < -0.4 is 10.5 Å². The average Bonchev–Trinajstić information content (AvgIpc) is 2.39. The molecule has 0 aromatic heterocycles. The van der Waals surface area contributed by atoms with Crippen molar-refractivity contribution in [1.82, 2.24) is 0 Å². The van der Waals surface area contributed by atoms with Crippen molar-refractivity contribution in [3.8, 4) is 0 Å². The summed E-state index contributed by atoms with van der Waals surface area (Å²) in [6.45, 7) is 4.06. The molecule has 0 aromatic carbocycles. The summed E-state index contributed by atoms with van der Waals surface area (Å²) < 4.78 is 0. The Kier molecular flexibility index (Phi) is 24.9. The second kappa shape index (κ2) is 20.0. The Bertz CT molecular complexity index is 188. The van der Waals surface area contributed by atoms with Crippen molar-refractivity contribution in [1.29, 1.82) is 0 Å². The van der Waals surface area contributed by atoms with E-state index in [1.165, 1.54) is 0 Å². The van der Waals surface area contributed by atoms with Gasteiger partial charge in [0, 0.05) is 12.8 Å². The summed E-state index contributed by atoms with van der Waals surface area (Å²) in [6.07, 6.45) is 6.10. The Morgan fingerprint density at radius 2 is 1.11 bits per heavy atom. The van der Waals surface area contributed by atoms with Gasteiger partial charge in [-0.15, -0.1) is 0 Å². The van der Waals surface area contributed by atoms with E-state index in [1.54, 1.807) is 0 Å². The Balaban J connectivity index is -0.000000256. The number of carbonyl (C=O) groups is 2. The first kappa shape index (κ1) is 23.7. The van der Waals surface area contributed by atoms with Crippen LogP contribution in [0.15, 0.2) is 0 Å². The number of carbonyl (C=O) groups excluding carboxylic acids is 2. The fraction of sp³-hybridized carbons (Fsp3) is 0.833. The maximum absolute atomic E-state index is 10.2.